The van der Waals surface area contributed by atoms with Gasteiger partial charge in [-0.05, 0) is 68.5 Å². The fourth-order valence-electron chi connectivity index (χ4n) is 3.80. The van der Waals surface area contributed by atoms with E-state index in [9.17, 15) is 4.79 Å². The minimum atomic E-state index is 0.239. The summed E-state index contributed by atoms with van der Waals surface area (Å²) in [6, 6.07) is 15.8. The molecule has 6 heteroatoms. The van der Waals surface area contributed by atoms with Crippen LogP contribution in [-0.2, 0) is 17.8 Å². The van der Waals surface area contributed by atoms with Crippen LogP contribution in [0.15, 0.2) is 48.5 Å². The number of nitrogens with one attached hydrogen (secondary N) is 1. The van der Waals surface area contributed by atoms with Crippen molar-refractivity contribution >= 4 is 28.5 Å². The van der Waals surface area contributed by atoms with Gasteiger partial charge in [0.2, 0.25) is 5.91 Å². The number of halogens is 1. The summed E-state index contributed by atoms with van der Waals surface area (Å²) in [6.07, 6.45) is 7.16. The first-order chi connectivity index (χ1) is 15.2. The van der Waals surface area contributed by atoms with Gasteiger partial charge in [-0.3, -0.25) is 4.79 Å². The van der Waals surface area contributed by atoms with Gasteiger partial charge in [0.05, 0.1) is 17.6 Å². The largest absolute Gasteiger partial charge is 0.494 e. The number of carbonyl (C=O) groups is 1. The molecule has 0 atom stereocenters. The highest BCUT2D eigenvalue weighted by Gasteiger charge is 2.28. The molecule has 1 heterocycles. The normalized spacial score (nSPS) is 13.5. The average Bonchev–Trinajstić information content (AvgIpc) is 3.57. The number of ether oxygens (including phenoxy) is 1. The number of aryl methyl sites for hydroxylation is 2. The summed E-state index contributed by atoms with van der Waals surface area (Å²) >= 11 is 5.93. The third-order valence-electron chi connectivity index (χ3n) is 5.67. The average molecular weight is 440 g/mol. The Kier molecular flexibility index (Phi) is 7.47. The van der Waals surface area contributed by atoms with Gasteiger partial charge in [0.15, 0.2) is 0 Å². The number of fused-ring (bicyclic) bond motifs is 1. The number of hydrogen-bond donors (Lipinski definition) is 1. The molecule has 0 bridgehead atoms. The predicted molar refractivity (Wildman–Crippen MR) is 125 cm³/mol. The van der Waals surface area contributed by atoms with Crippen molar-refractivity contribution in [3.8, 4) is 5.75 Å². The van der Waals surface area contributed by atoms with E-state index in [4.69, 9.17) is 21.3 Å². The van der Waals surface area contributed by atoms with E-state index in [1.165, 1.54) is 5.52 Å². The van der Waals surface area contributed by atoms with Crippen molar-refractivity contribution in [2.24, 2.45) is 5.92 Å². The van der Waals surface area contributed by atoms with E-state index in [1.54, 1.807) is 0 Å². The molecule has 1 saturated carbocycles. The zero-order chi connectivity index (χ0) is 21.5. The van der Waals surface area contributed by atoms with Crippen LogP contribution in [0.3, 0.4) is 0 Å². The third kappa shape index (κ3) is 6.23. The number of unbranched alkanes of at least 4 members (excludes halogenated alkanes) is 2. The van der Waals surface area contributed by atoms with E-state index >= 15 is 0 Å². The van der Waals surface area contributed by atoms with Crippen LogP contribution in [0, 0.1) is 5.92 Å². The van der Waals surface area contributed by atoms with Gasteiger partial charge in [-0.25, -0.2) is 4.98 Å². The second kappa shape index (κ2) is 10.7. The van der Waals surface area contributed by atoms with Gasteiger partial charge in [-0.15, -0.1) is 0 Å². The summed E-state index contributed by atoms with van der Waals surface area (Å²) in [6.45, 7) is 2.31. The molecule has 4 rings (SSSR count). The lowest BCUT2D eigenvalue weighted by Crippen LogP contribution is -2.25. The molecule has 5 nitrogen and oxygen atoms in total. The van der Waals surface area contributed by atoms with Crippen LogP contribution in [0.1, 0.15) is 44.3 Å². The zero-order valence-electron chi connectivity index (χ0n) is 17.9. The Hall–Kier alpha value is -2.53. The minimum Gasteiger partial charge on any atom is -0.494 e. The summed E-state index contributed by atoms with van der Waals surface area (Å²) in [5.41, 5.74) is 2.23. The van der Waals surface area contributed by atoms with Gasteiger partial charge in [-0.2, -0.15) is 0 Å². The Morgan fingerprint density at radius 1 is 1.06 bits per heavy atom. The fourth-order valence-corrected chi connectivity index (χ4v) is 3.92. The molecule has 1 aromatic heterocycles. The molecule has 0 radical (unpaired) electrons. The fraction of sp³-hybridized carbons (Fsp3) is 0.440. The maximum atomic E-state index is 11.7. The first kappa shape index (κ1) is 21.7. The van der Waals surface area contributed by atoms with E-state index in [2.05, 4.69) is 28.1 Å². The molecule has 1 aliphatic rings. The highest BCUT2D eigenvalue weighted by molar-refractivity contribution is 6.30. The van der Waals surface area contributed by atoms with Crippen LogP contribution in [0.2, 0.25) is 5.02 Å². The number of imidazole rings is 1. The molecule has 2 aromatic carbocycles. The summed E-state index contributed by atoms with van der Waals surface area (Å²) in [7, 11) is 0. The zero-order valence-corrected chi connectivity index (χ0v) is 18.6. The maximum Gasteiger partial charge on any atom is 0.223 e. The molecule has 31 heavy (non-hydrogen) atoms. The van der Waals surface area contributed by atoms with Crippen molar-refractivity contribution in [1.82, 2.24) is 14.9 Å². The molecule has 0 aliphatic heterocycles. The van der Waals surface area contributed by atoms with Crippen LogP contribution in [0.5, 0.6) is 5.75 Å². The van der Waals surface area contributed by atoms with Crippen LogP contribution in [0.4, 0.5) is 0 Å². The molecule has 1 N–H and O–H groups in total. The van der Waals surface area contributed by atoms with Crippen LogP contribution < -0.4 is 10.1 Å². The first-order valence-corrected chi connectivity index (χ1v) is 11.7. The second-order valence-corrected chi connectivity index (χ2v) is 8.64. The number of aromatic nitrogens is 2. The lowest BCUT2D eigenvalue weighted by atomic mass is 10.2. The van der Waals surface area contributed by atoms with Crippen LogP contribution >= 0.6 is 11.6 Å². The Bertz CT molecular complexity index is 996. The number of benzene rings is 2. The molecule has 3 aromatic rings. The van der Waals surface area contributed by atoms with Crippen molar-refractivity contribution < 1.29 is 9.53 Å². The topological polar surface area (TPSA) is 56.2 Å². The number of para-hydroxylation sites is 2. The molecular formula is C25H30ClN3O2. The first-order valence-electron chi connectivity index (χ1n) is 11.3. The molecular weight excluding hydrogens is 410 g/mol. The highest BCUT2D eigenvalue weighted by Crippen LogP contribution is 2.28. The van der Waals surface area contributed by atoms with Crippen molar-refractivity contribution in [3.63, 3.8) is 0 Å². The number of rotatable bonds is 12. The molecule has 0 saturated heterocycles. The Morgan fingerprint density at radius 3 is 2.68 bits per heavy atom. The summed E-state index contributed by atoms with van der Waals surface area (Å²) in [4.78, 5) is 16.6. The van der Waals surface area contributed by atoms with Crippen molar-refractivity contribution in [2.45, 2.75) is 51.5 Å². The van der Waals surface area contributed by atoms with Crippen molar-refractivity contribution in [2.75, 3.05) is 13.2 Å². The number of carbonyl (C=O) groups excluding carboxylic acids is 1. The second-order valence-electron chi connectivity index (χ2n) is 8.20. The third-order valence-corrected chi connectivity index (χ3v) is 5.92. The van der Waals surface area contributed by atoms with E-state index in [0.29, 0.717) is 17.5 Å². The van der Waals surface area contributed by atoms with Gasteiger partial charge in [-0.1, -0.05) is 30.2 Å². The molecule has 1 aliphatic carbocycles. The number of nitrogens with zero attached hydrogens (tertiary/aromatic N) is 2. The van der Waals surface area contributed by atoms with E-state index < -0.39 is 0 Å². The molecule has 0 spiro atoms. The highest BCUT2D eigenvalue weighted by atomic mass is 35.5. The smallest absolute Gasteiger partial charge is 0.223 e. The molecule has 0 unspecified atom stereocenters. The van der Waals surface area contributed by atoms with Gasteiger partial charge in [0.25, 0.3) is 0 Å². The Balaban J connectivity index is 1.25. The van der Waals surface area contributed by atoms with Crippen LogP contribution in [0.25, 0.3) is 11.0 Å². The van der Waals surface area contributed by atoms with Crippen molar-refractivity contribution in [3.05, 3.63) is 59.4 Å². The summed E-state index contributed by atoms with van der Waals surface area (Å²) < 4.78 is 8.18. The number of hydrogen-bond acceptors (Lipinski definition) is 3. The molecule has 1 fully saturated rings. The van der Waals surface area contributed by atoms with Crippen molar-refractivity contribution in [1.29, 1.82) is 0 Å². The minimum absolute atomic E-state index is 0.239. The van der Waals surface area contributed by atoms with E-state index in [1.807, 2.05) is 30.3 Å². The van der Waals surface area contributed by atoms with E-state index in [0.717, 1.165) is 75.1 Å². The summed E-state index contributed by atoms with van der Waals surface area (Å²) in [5.74, 6) is 2.51. The SMILES string of the molecule is O=C(NCCCCCc1nc2ccccc2n1CCCOc1ccc(Cl)cc1)C1CC1. The Morgan fingerprint density at radius 2 is 1.87 bits per heavy atom. The van der Waals surface area contributed by atoms with Gasteiger partial charge in [0, 0.05) is 30.5 Å². The van der Waals surface area contributed by atoms with Gasteiger partial charge < -0.3 is 14.6 Å². The lowest BCUT2D eigenvalue weighted by Gasteiger charge is -2.11. The standard InChI is InChI=1S/C25H30ClN3O2/c26-20-12-14-21(15-13-20)31-18-6-17-29-23-8-4-3-7-22(23)28-24(29)9-2-1-5-16-27-25(30)19-10-11-19/h3-4,7-8,12-15,19H,1-2,5-6,9-11,16-18H2,(H,27,30). The summed E-state index contributed by atoms with van der Waals surface area (Å²) in [5, 5.41) is 3.76. The lowest BCUT2D eigenvalue weighted by molar-refractivity contribution is -0.122. The molecule has 1 amide bonds. The van der Waals surface area contributed by atoms with Crippen LogP contribution in [-0.4, -0.2) is 28.6 Å². The van der Waals surface area contributed by atoms with E-state index in [-0.39, 0.29) is 5.91 Å². The maximum absolute atomic E-state index is 11.7. The Labute approximate surface area is 188 Å². The monoisotopic (exact) mass is 439 g/mol. The predicted octanol–water partition coefficient (Wildman–Crippen LogP) is 5.40. The van der Waals surface area contributed by atoms with Gasteiger partial charge >= 0.3 is 0 Å². The molecule has 164 valence electrons. The quantitative estimate of drug-likeness (QED) is 0.384. The van der Waals surface area contributed by atoms with Gasteiger partial charge in [0.1, 0.15) is 11.6 Å². The number of amides is 1.